The lowest BCUT2D eigenvalue weighted by Gasteiger charge is -2.06. The molecular weight excluding hydrogens is 214 g/mol. The molecule has 0 unspecified atom stereocenters. The van der Waals surface area contributed by atoms with Crippen molar-refractivity contribution >= 4 is 28.2 Å². The minimum absolute atomic E-state index is 0.0824. The van der Waals surface area contributed by atoms with E-state index in [4.69, 9.17) is 11.6 Å². The van der Waals surface area contributed by atoms with Gasteiger partial charge in [0.15, 0.2) is 0 Å². The fraction of sp³-hybridized carbons (Fsp3) is 0.200. The van der Waals surface area contributed by atoms with Crippen LogP contribution in [0.25, 0.3) is 10.8 Å². The highest BCUT2D eigenvalue weighted by Crippen LogP contribution is 2.20. The van der Waals surface area contributed by atoms with Crippen molar-refractivity contribution in [3.05, 3.63) is 33.8 Å². The van der Waals surface area contributed by atoms with Gasteiger partial charge in [-0.2, -0.15) is 0 Å². The van der Waals surface area contributed by atoms with Crippen molar-refractivity contribution in [2.24, 2.45) is 7.05 Å². The molecule has 2 heterocycles. The van der Waals surface area contributed by atoms with E-state index in [-0.39, 0.29) is 5.56 Å². The van der Waals surface area contributed by atoms with Crippen molar-refractivity contribution in [3.63, 3.8) is 0 Å². The molecule has 2 aromatic heterocycles. The maximum absolute atomic E-state index is 11.9. The van der Waals surface area contributed by atoms with Crippen LogP contribution in [-0.4, -0.2) is 16.6 Å². The fourth-order valence-corrected chi connectivity index (χ4v) is 1.71. The van der Waals surface area contributed by atoms with Gasteiger partial charge in [-0.25, -0.2) is 4.98 Å². The van der Waals surface area contributed by atoms with Crippen molar-refractivity contribution in [1.82, 2.24) is 9.55 Å². The second kappa shape index (κ2) is 3.55. The number of nitrogens with one attached hydrogen (secondary N) is 1. The molecule has 2 aromatic rings. The number of hydrogen-bond acceptors (Lipinski definition) is 3. The van der Waals surface area contributed by atoms with Crippen molar-refractivity contribution in [2.75, 3.05) is 12.4 Å². The van der Waals surface area contributed by atoms with E-state index < -0.39 is 0 Å². The zero-order chi connectivity index (χ0) is 11.0. The predicted octanol–water partition coefficient (Wildman–Crippen LogP) is 1.63. The largest absolute Gasteiger partial charge is 0.372 e. The number of hydrogen-bond donors (Lipinski definition) is 1. The van der Waals surface area contributed by atoms with Crippen LogP contribution < -0.4 is 10.9 Å². The number of rotatable bonds is 1. The Labute approximate surface area is 91.5 Å². The molecule has 0 bridgehead atoms. The smallest absolute Gasteiger partial charge is 0.261 e. The Morgan fingerprint density at radius 2 is 2.27 bits per heavy atom. The van der Waals surface area contributed by atoms with E-state index in [1.165, 1.54) is 4.57 Å². The van der Waals surface area contributed by atoms with Gasteiger partial charge in [-0.3, -0.25) is 4.79 Å². The Morgan fingerprint density at radius 3 is 2.93 bits per heavy atom. The first-order valence-electron chi connectivity index (χ1n) is 4.47. The van der Waals surface area contributed by atoms with Crippen molar-refractivity contribution < 1.29 is 0 Å². The Balaban J connectivity index is 2.98. The molecule has 2 rings (SSSR count). The molecule has 0 radical (unpaired) electrons. The van der Waals surface area contributed by atoms with Gasteiger partial charge in [-0.15, -0.1) is 0 Å². The second-order valence-electron chi connectivity index (χ2n) is 3.24. The van der Waals surface area contributed by atoms with E-state index in [2.05, 4.69) is 10.3 Å². The molecule has 78 valence electrons. The molecule has 0 atom stereocenters. The van der Waals surface area contributed by atoms with E-state index in [0.717, 1.165) is 5.39 Å². The topological polar surface area (TPSA) is 46.9 Å². The first-order chi connectivity index (χ1) is 7.13. The summed E-state index contributed by atoms with van der Waals surface area (Å²) in [7, 11) is 3.42. The maximum atomic E-state index is 11.9. The molecule has 0 spiro atoms. The lowest BCUT2D eigenvalue weighted by molar-refractivity contribution is 0.872. The molecule has 0 saturated carbocycles. The Morgan fingerprint density at radius 1 is 1.53 bits per heavy atom. The number of pyridine rings is 2. The molecule has 0 amide bonds. The van der Waals surface area contributed by atoms with E-state index in [1.54, 1.807) is 26.4 Å². The van der Waals surface area contributed by atoms with Crippen molar-refractivity contribution in [3.8, 4) is 0 Å². The predicted molar refractivity (Wildman–Crippen MR) is 61.5 cm³/mol. The van der Waals surface area contributed by atoms with Gasteiger partial charge in [-0.1, -0.05) is 11.6 Å². The molecule has 0 aliphatic rings. The van der Waals surface area contributed by atoms with Crippen LogP contribution in [0.5, 0.6) is 0 Å². The lowest BCUT2D eigenvalue weighted by atomic mass is 10.2. The first kappa shape index (κ1) is 9.98. The molecule has 0 aromatic carbocycles. The minimum atomic E-state index is -0.0824. The van der Waals surface area contributed by atoms with Gasteiger partial charge in [0.1, 0.15) is 11.0 Å². The number of fused-ring (bicyclic) bond motifs is 1. The SMILES string of the molecule is CNc1nc(Cl)cc2ccn(C)c(=O)c12. The summed E-state index contributed by atoms with van der Waals surface area (Å²) in [5.74, 6) is 0.513. The van der Waals surface area contributed by atoms with Crippen LogP contribution in [0.1, 0.15) is 0 Å². The molecule has 1 N–H and O–H groups in total. The van der Waals surface area contributed by atoms with Crippen LogP contribution in [0.15, 0.2) is 23.1 Å². The van der Waals surface area contributed by atoms with E-state index in [1.807, 2.05) is 6.07 Å². The van der Waals surface area contributed by atoms with Crippen molar-refractivity contribution in [2.45, 2.75) is 0 Å². The molecule has 0 aliphatic carbocycles. The molecule has 0 saturated heterocycles. The standard InChI is InChI=1S/C10H10ClN3O/c1-12-9-8-6(5-7(11)13-9)3-4-14(2)10(8)15/h3-5H,1-2H3,(H,12,13). The number of anilines is 1. The third-order valence-corrected chi connectivity index (χ3v) is 2.46. The highest BCUT2D eigenvalue weighted by atomic mass is 35.5. The molecule has 5 heteroatoms. The summed E-state index contributed by atoms with van der Waals surface area (Å²) in [6.07, 6.45) is 1.71. The summed E-state index contributed by atoms with van der Waals surface area (Å²) in [4.78, 5) is 15.9. The molecule has 4 nitrogen and oxygen atoms in total. The normalized spacial score (nSPS) is 10.6. The summed E-state index contributed by atoms with van der Waals surface area (Å²) in [5.41, 5.74) is -0.0824. The van der Waals surface area contributed by atoms with Crippen LogP contribution in [-0.2, 0) is 7.05 Å². The Hall–Kier alpha value is -1.55. The average molecular weight is 224 g/mol. The highest BCUT2D eigenvalue weighted by Gasteiger charge is 2.08. The summed E-state index contributed by atoms with van der Waals surface area (Å²) >= 11 is 5.83. The van der Waals surface area contributed by atoms with Gasteiger partial charge < -0.3 is 9.88 Å². The van der Waals surface area contributed by atoms with Crippen LogP contribution in [0, 0.1) is 0 Å². The van der Waals surface area contributed by atoms with Crippen LogP contribution in [0.2, 0.25) is 5.15 Å². The number of aromatic nitrogens is 2. The first-order valence-corrected chi connectivity index (χ1v) is 4.85. The van der Waals surface area contributed by atoms with Crippen LogP contribution in [0.3, 0.4) is 0 Å². The van der Waals surface area contributed by atoms with Gasteiger partial charge in [0.25, 0.3) is 5.56 Å². The maximum Gasteiger partial charge on any atom is 0.261 e. The van der Waals surface area contributed by atoms with Crippen molar-refractivity contribution in [1.29, 1.82) is 0 Å². The van der Waals surface area contributed by atoms with E-state index >= 15 is 0 Å². The summed E-state index contributed by atoms with van der Waals surface area (Å²) in [6, 6.07) is 3.52. The average Bonchev–Trinajstić information content (AvgIpc) is 2.22. The molecule has 15 heavy (non-hydrogen) atoms. The number of halogens is 1. The van der Waals surface area contributed by atoms with Gasteiger partial charge >= 0.3 is 0 Å². The van der Waals surface area contributed by atoms with Crippen LogP contribution in [0.4, 0.5) is 5.82 Å². The summed E-state index contributed by atoms with van der Waals surface area (Å²) < 4.78 is 1.51. The van der Waals surface area contributed by atoms with Gasteiger partial charge in [-0.05, 0) is 17.5 Å². The number of nitrogens with zero attached hydrogens (tertiary/aromatic N) is 2. The number of aryl methyl sites for hydroxylation is 1. The van der Waals surface area contributed by atoms with E-state index in [0.29, 0.717) is 16.4 Å². The van der Waals surface area contributed by atoms with E-state index in [9.17, 15) is 4.79 Å². The molecule has 0 aliphatic heterocycles. The third kappa shape index (κ3) is 1.57. The summed E-state index contributed by atoms with van der Waals surface area (Å²) in [6.45, 7) is 0. The highest BCUT2D eigenvalue weighted by molar-refractivity contribution is 6.30. The third-order valence-electron chi connectivity index (χ3n) is 2.27. The van der Waals surface area contributed by atoms with Gasteiger partial charge in [0.2, 0.25) is 0 Å². The zero-order valence-corrected chi connectivity index (χ0v) is 9.17. The molecular formula is C10H10ClN3O. The molecule has 0 fully saturated rings. The Kier molecular flexibility index (Phi) is 2.36. The Bertz CT molecular complexity index is 577. The lowest BCUT2D eigenvalue weighted by Crippen LogP contribution is -2.17. The fourth-order valence-electron chi connectivity index (χ4n) is 1.51. The zero-order valence-electron chi connectivity index (χ0n) is 8.41. The summed E-state index contributed by atoms with van der Waals surface area (Å²) in [5, 5.41) is 4.60. The van der Waals surface area contributed by atoms with Gasteiger partial charge in [0.05, 0.1) is 5.39 Å². The van der Waals surface area contributed by atoms with Gasteiger partial charge in [0, 0.05) is 20.3 Å². The van der Waals surface area contributed by atoms with Crippen LogP contribution >= 0.6 is 11.6 Å². The monoisotopic (exact) mass is 223 g/mol. The second-order valence-corrected chi connectivity index (χ2v) is 3.63. The minimum Gasteiger partial charge on any atom is -0.372 e. The quantitative estimate of drug-likeness (QED) is 0.748.